The lowest BCUT2D eigenvalue weighted by molar-refractivity contribution is 0.0921. The van der Waals surface area contributed by atoms with Crippen LogP contribution < -0.4 is 9.47 Å². The van der Waals surface area contributed by atoms with Crippen LogP contribution >= 0.6 is 11.8 Å². The summed E-state index contributed by atoms with van der Waals surface area (Å²) >= 11 is 1.65. The largest absolute Gasteiger partial charge is 0.494 e. The van der Waals surface area contributed by atoms with Gasteiger partial charge >= 0.3 is 0 Å². The highest BCUT2D eigenvalue weighted by atomic mass is 32.2. The van der Waals surface area contributed by atoms with Crippen LogP contribution in [-0.4, -0.2) is 25.3 Å². The molecule has 0 radical (unpaired) electrons. The van der Waals surface area contributed by atoms with Crippen molar-refractivity contribution in [2.75, 3.05) is 19.5 Å². The van der Waals surface area contributed by atoms with Gasteiger partial charge < -0.3 is 9.47 Å². The van der Waals surface area contributed by atoms with Gasteiger partial charge in [0.05, 0.1) is 6.61 Å². The number of rotatable bonds is 7. The van der Waals surface area contributed by atoms with Crippen LogP contribution in [0.2, 0.25) is 0 Å². The Balaban J connectivity index is 1.95. The summed E-state index contributed by atoms with van der Waals surface area (Å²) in [6.07, 6.45) is 2.01. The molecule has 0 aliphatic carbocycles. The average Bonchev–Trinajstić information content (AvgIpc) is 2.53. The van der Waals surface area contributed by atoms with Crippen molar-refractivity contribution >= 4 is 17.5 Å². The smallest absolute Gasteiger partial charge is 0.200 e. The van der Waals surface area contributed by atoms with E-state index in [9.17, 15) is 4.79 Å². The average molecular weight is 302 g/mol. The molecule has 0 aromatic heterocycles. The van der Waals surface area contributed by atoms with E-state index in [1.54, 1.807) is 17.8 Å². The highest BCUT2D eigenvalue weighted by molar-refractivity contribution is 7.98. The number of ketones is 1. The van der Waals surface area contributed by atoms with Gasteiger partial charge in [-0.3, -0.25) is 4.79 Å². The molecule has 0 unspecified atom stereocenters. The molecule has 3 nitrogen and oxygen atoms in total. The van der Waals surface area contributed by atoms with Crippen LogP contribution in [-0.2, 0) is 0 Å². The second kappa shape index (κ2) is 7.74. The summed E-state index contributed by atoms with van der Waals surface area (Å²) < 4.78 is 10.9. The minimum absolute atomic E-state index is 0.0220. The Morgan fingerprint density at radius 3 is 2.33 bits per heavy atom. The van der Waals surface area contributed by atoms with Crippen molar-refractivity contribution < 1.29 is 14.3 Å². The summed E-state index contributed by atoms with van der Waals surface area (Å²) in [6, 6.07) is 14.8. The standard InChI is InChI=1S/C17H18O3S/c1-3-19-14-5-4-6-15(11-14)20-12-17(18)13-7-9-16(21-2)10-8-13/h4-11H,3,12H2,1-2H3. The lowest BCUT2D eigenvalue weighted by atomic mass is 10.1. The van der Waals surface area contributed by atoms with Crippen LogP contribution in [0, 0.1) is 0 Å². The van der Waals surface area contributed by atoms with Crippen molar-refractivity contribution in [3.8, 4) is 11.5 Å². The molecular formula is C17H18O3S. The molecule has 2 aromatic carbocycles. The third-order valence-electron chi connectivity index (χ3n) is 2.90. The molecule has 0 bridgehead atoms. The number of hydrogen-bond acceptors (Lipinski definition) is 4. The highest BCUT2D eigenvalue weighted by Gasteiger charge is 2.07. The summed E-state index contributed by atoms with van der Waals surface area (Å²) in [4.78, 5) is 13.2. The van der Waals surface area contributed by atoms with Gasteiger partial charge in [-0.15, -0.1) is 11.8 Å². The van der Waals surface area contributed by atoms with E-state index in [0.717, 1.165) is 10.6 Å². The second-order valence-corrected chi connectivity index (χ2v) is 5.23. The maximum Gasteiger partial charge on any atom is 0.200 e. The molecule has 0 spiro atoms. The molecule has 0 aliphatic heterocycles. The van der Waals surface area contributed by atoms with Crippen molar-refractivity contribution in [3.05, 3.63) is 54.1 Å². The molecule has 0 saturated carbocycles. The van der Waals surface area contributed by atoms with Gasteiger partial charge in [-0.25, -0.2) is 0 Å². The molecule has 4 heteroatoms. The van der Waals surface area contributed by atoms with Crippen molar-refractivity contribution in [1.29, 1.82) is 0 Å². The predicted molar refractivity (Wildman–Crippen MR) is 85.7 cm³/mol. The van der Waals surface area contributed by atoms with Gasteiger partial charge in [0, 0.05) is 16.5 Å². The molecule has 110 valence electrons. The van der Waals surface area contributed by atoms with Crippen LogP contribution in [0.3, 0.4) is 0 Å². The van der Waals surface area contributed by atoms with E-state index in [1.165, 1.54) is 0 Å². The molecule has 2 aromatic rings. The Morgan fingerprint density at radius 2 is 1.71 bits per heavy atom. The number of benzene rings is 2. The molecule has 0 amide bonds. The van der Waals surface area contributed by atoms with E-state index in [4.69, 9.17) is 9.47 Å². The first-order valence-electron chi connectivity index (χ1n) is 6.76. The number of hydrogen-bond donors (Lipinski definition) is 0. The Hall–Kier alpha value is -1.94. The lowest BCUT2D eigenvalue weighted by Gasteiger charge is -2.08. The molecule has 21 heavy (non-hydrogen) atoms. The Labute approximate surface area is 129 Å². The Morgan fingerprint density at radius 1 is 1.05 bits per heavy atom. The predicted octanol–water partition coefficient (Wildman–Crippen LogP) is 4.07. The van der Waals surface area contributed by atoms with E-state index < -0.39 is 0 Å². The van der Waals surface area contributed by atoms with Crippen LogP contribution in [0.25, 0.3) is 0 Å². The van der Waals surface area contributed by atoms with Gasteiger partial charge in [-0.05, 0) is 37.4 Å². The van der Waals surface area contributed by atoms with Crippen molar-refractivity contribution in [3.63, 3.8) is 0 Å². The molecule has 0 heterocycles. The summed E-state index contributed by atoms with van der Waals surface area (Å²) in [5, 5.41) is 0. The summed E-state index contributed by atoms with van der Waals surface area (Å²) in [7, 11) is 0. The molecular weight excluding hydrogens is 284 g/mol. The fourth-order valence-corrected chi connectivity index (χ4v) is 2.24. The maximum absolute atomic E-state index is 12.1. The Kier molecular flexibility index (Phi) is 5.69. The minimum Gasteiger partial charge on any atom is -0.494 e. The van der Waals surface area contributed by atoms with Gasteiger partial charge in [0.15, 0.2) is 12.4 Å². The quantitative estimate of drug-likeness (QED) is 0.570. The minimum atomic E-state index is -0.0375. The summed E-state index contributed by atoms with van der Waals surface area (Å²) in [6.45, 7) is 2.55. The van der Waals surface area contributed by atoms with Gasteiger partial charge in [0.25, 0.3) is 0 Å². The normalized spacial score (nSPS) is 10.2. The SMILES string of the molecule is CCOc1cccc(OCC(=O)c2ccc(SC)cc2)c1. The van der Waals surface area contributed by atoms with Gasteiger partial charge in [0.1, 0.15) is 11.5 Å². The zero-order valence-electron chi connectivity index (χ0n) is 12.2. The van der Waals surface area contributed by atoms with Crippen LogP contribution in [0.5, 0.6) is 11.5 Å². The van der Waals surface area contributed by atoms with Crippen molar-refractivity contribution in [2.24, 2.45) is 0 Å². The number of carbonyl (C=O) groups excluding carboxylic acids is 1. The molecule has 0 atom stereocenters. The van der Waals surface area contributed by atoms with Crippen LogP contribution in [0.15, 0.2) is 53.4 Å². The molecule has 2 rings (SSSR count). The van der Waals surface area contributed by atoms with Crippen LogP contribution in [0.4, 0.5) is 0 Å². The van der Waals surface area contributed by atoms with Gasteiger partial charge in [-0.1, -0.05) is 18.2 Å². The van der Waals surface area contributed by atoms with E-state index in [-0.39, 0.29) is 12.4 Å². The number of ether oxygens (including phenoxy) is 2. The van der Waals surface area contributed by atoms with Crippen LogP contribution in [0.1, 0.15) is 17.3 Å². The maximum atomic E-state index is 12.1. The van der Waals surface area contributed by atoms with Gasteiger partial charge in [0.2, 0.25) is 0 Å². The third-order valence-corrected chi connectivity index (χ3v) is 3.64. The second-order valence-electron chi connectivity index (χ2n) is 4.35. The fraction of sp³-hybridized carbons (Fsp3) is 0.235. The summed E-state index contributed by atoms with van der Waals surface area (Å²) in [5.41, 5.74) is 0.661. The molecule has 0 N–H and O–H groups in total. The zero-order valence-corrected chi connectivity index (χ0v) is 13.0. The van der Waals surface area contributed by atoms with E-state index in [0.29, 0.717) is 17.9 Å². The van der Waals surface area contributed by atoms with E-state index >= 15 is 0 Å². The first kappa shape index (κ1) is 15.4. The molecule has 0 saturated heterocycles. The monoisotopic (exact) mass is 302 g/mol. The van der Waals surface area contributed by atoms with Crippen molar-refractivity contribution in [2.45, 2.75) is 11.8 Å². The van der Waals surface area contributed by atoms with E-state index in [1.807, 2.05) is 55.6 Å². The summed E-state index contributed by atoms with van der Waals surface area (Å²) in [5.74, 6) is 1.34. The molecule has 0 aliphatic rings. The highest BCUT2D eigenvalue weighted by Crippen LogP contribution is 2.20. The topological polar surface area (TPSA) is 35.5 Å². The number of carbonyl (C=O) groups is 1. The first-order valence-corrected chi connectivity index (χ1v) is 7.98. The third kappa shape index (κ3) is 4.53. The fourth-order valence-electron chi connectivity index (χ4n) is 1.83. The number of thioether (sulfide) groups is 1. The number of Topliss-reactive ketones (excluding diaryl/α,β-unsaturated/α-hetero) is 1. The van der Waals surface area contributed by atoms with Crippen molar-refractivity contribution in [1.82, 2.24) is 0 Å². The lowest BCUT2D eigenvalue weighted by Crippen LogP contribution is -2.11. The van der Waals surface area contributed by atoms with Gasteiger partial charge in [-0.2, -0.15) is 0 Å². The van der Waals surface area contributed by atoms with E-state index in [2.05, 4.69) is 0 Å². The zero-order chi connectivity index (χ0) is 15.1. The Bertz CT molecular complexity index is 593. The first-order chi connectivity index (χ1) is 10.2. The molecule has 0 fully saturated rings.